The van der Waals surface area contributed by atoms with Crippen molar-refractivity contribution in [2.24, 2.45) is 7.05 Å². The van der Waals surface area contributed by atoms with E-state index < -0.39 is 15.6 Å². The van der Waals surface area contributed by atoms with Gasteiger partial charge in [0.25, 0.3) is 0 Å². The first-order valence-corrected chi connectivity index (χ1v) is 8.90. The highest BCUT2D eigenvalue weighted by Crippen LogP contribution is 2.37. The Hall–Kier alpha value is -1.45. The average molecular weight is 344 g/mol. The molecule has 1 aliphatic rings. The van der Waals surface area contributed by atoms with Gasteiger partial charge in [0.2, 0.25) is 15.9 Å². The summed E-state index contributed by atoms with van der Waals surface area (Å²) in [5, 5.41) is 6.76. The Labute approximate surface area is 136 Å². The number of ether oxygens (including phenoxy) is 1. The first kappa shape index (κ1) is 17.9. The van der Waals surface area contributed by atoms with Crippen molar-refractivity contribution in [3.63, 3.8) is 0 Å². The molecule has 0 spiro atoms. The van der Waals surface area contributed by atoms with Gasteiger partial charge in [-0.25, -0.2) is 8.42 Å². The molecular formula is C14H24N4O4S. The van der Waals surface area contributed by atoms with Crippen molar-refractivity contribution >= 4 is 15.9 Å². The van der Waals surface area contributed by atoms with Crippen LogP contribution >= 0.6 is 0 Å². The average Bonchev–Trinajstić information content (AvgIpc) is 3.02. The second kappa shape index (κ2) is 6.21. The van der Waals surface area contributed by atoms with Crippen molar-refractivity contribution in [3.05, 3.63) is 11.4 Å². The molecule has 1 N–H and O–H groups in total. The summed E-state index contributed by atoms with van der Waals surface area (Å²) in [7, 11) is 0.816. The summed E-state index contributed by atoms with van der Waals surface area (Å²) in [4.78, 5) is 12.6. The van der Waals surface area contributed by atoms with Gasteiger partial charge in [-0.2, -0.15) is 9.40 Å². The number of aromatic nitrogens is 2. The highest BCUT2D eigenvalue weighted by molar-refractivity contribution is 7.89. The molecule has 23 heavy (non-hydrogen) atoms. The zero-order valence-corrected chi connectivity index (χ0v) is 15.0. The number of carbonyl (C=O) groups excluding carboxylic acids is 1. The first-order valence-electron chi connectivity index (χ1n) is 7.46. The quantitative estimate of drug-likeness (QED) is 0.808. The van der Waals surface area contributed by atoms with E-state index in [2.05, 4.69) is 10.4 Å². The number of nitrogens with zero attached hydrogens (tertiary/aromatic N) is 3. The van der Waals surface area contributed by atoms with E-state index in [0.717, 1.165) is 0 Å². The predicted molar refractivity (Wildman–Crippen MR) is 84.5 cm³/mol. The molecule has 2 rings (SSSR count). The molecule has 9 heteroatoms. The SMILES string of the molecule is CNC(=O)C1(COC)CCCN1S(=O)(=O)c1c(C)nn(C)c1C. The molecule has 1 amide bonds. The van der Waals surface area contributed by atoms with E-state index in [0.29, 0.717) is 24.2 Å². The number of amides is 1. The van der Waals surface area contributed by atoms with Gasteiger partial charge >= 0.3 is 0 Å². The summed E-state index contributed by atoms with van der Waals surface area (Å²) in [6.07, 6.45) is 1.03. The summed E-state index contributed by atoms with van der Waals surface area (Å²) in [6, 6.07) is 0. The first-order chi connectivity index (χ1) is 10.7. The third kappa shape index (κ3) is 2.66. The molecule has 1 aromatic heterocycles. The number of nitrogens with one attached hydrogen (secondary N) is 1. The lowest BCUT2D eigenvalue weighted by molar-refractivity contribution is -0.131. The number of methoxy groups -OCH3 is 1. The molecule has 8 nitrogen and oxygen atoms in total. The second-order valence-corrected chi connectivity index (χ2v) is 7.65. The van der Waals surface area contributed by atoms with Crippen LogP contribution in [0.4, 0.5) is 0 Å². The molecule has 130 valence electrons. The number of aryl methyl sites for hydroxylation is 2. The van der Waals surface area contributed by atoms with E-state index in [9.17, 15) is 13.2 Å². The second-order valence-electron chi connectivity index (χ2n) is 5.85. The topological polar surface area (TPSA) is 93.5 Å². The smallest absolute Gasteiger partial charge is 0.247 e. The van der Waals surface area contributed by atoms with Gasteiger partial charge < -0.3 is 10.1 Å². The predicted octanol–water partition coefficient (Wildman–Crippen LogP) is -0.0474. The summed E-state index contributed by atoms with van der Waals surface area (Å²) in [5.41, 5.74) is -0.227. The van der Waals surface area contributed by atoms with E-state index in [4.69, 9.17) is 4.74 Å². The number of likely N-dealkylation sites (N-methyl/N-ethyl adjacent to an activating group) is 1. The molecule has 0 aliphatic carbocycles. The Morgan fingerprint density at radius 2 is 2.09 bits per heavy atom. The zero-order chi connectivity index (χ0) is 17.4. The third-order valence-corrected chi connectivity index (χ3v) is 6.67. The van der Waals surface area contributed by atoms with E-state index in [1.54, 1.807) is 20.9 Å². The Kier molecular flexibility index (Phi) is 4.84. The Balaban J connectivity index is 2.59. The third-order valence-electron chi connectivity index (χ3n) is 4.45. The fourth-order valence-electron chi connectivity index (χ4n) is 3.35. The van der Waals surface area contributed by atoms with Gasteiger partial charge in [-0.05, 0) is 26.7 Å². The lowest BCUT2D eigenvalue weighted by atomic mass is 9.97. The molecule has 1 aromatic rings. The van der Waals surface area contributed by atoms with Crippen molar-refractivity contribution in [1.82, 2.24) is 19.4 Å². The normalized spacial score (nSPS) is 22.5. The number of rotatable bonds is 5. The maximum atomic E-state index is 13.2. The molecular weight excluding hydrogens is 320 g/mol. The summed E-state index contributed by atoms with van der Waals surface area (Å²) < 4.78 is 34.5. The molecule has 0 bridgehead atoms. The molecule has 1 atom stereocenters. The van der Waals surface area contributed by atoms with Gasteiger partial charge in [0, 0.05) is 27.7 Å². The van der Waals surface area contributed by atoms with Crippen LogP contribution in [0.25, 0.3) is 0 Å². The van der Waals surface area contributed by atoms with Crippen LogP contribution in [0, 0.1) is 13.8 Å². The van der Waals surface area contributed by atoms with Crippen LogP contribution in [0.5, 0.6) is 0 Å². The fourth-order valence-corrected chi connectivity index (χ4v) is 5.55. The number of carbonyl (C=O) groups is 1. The summed E-state index contributed by atoms with van der Waals surface area (Å²) in [6.45, 7) is 3.67. The van der Waals surface area contributed by atoms with Crippen LogP contribution in [-0.4, -0.2) is 61.3 Å². The Morgan fingerprint density at radius 3 is 2.57 bits per heavy atom. The van der Waals surface area contributed by atoms with Crippen molar-refractivity contribution in [1.29, 1.82) is 0 Å². The van der Waals surface area contributed by atoms with Crippen LogP contribution < -0.4 is 5.32 Å². The van der Waals surface area contributed by atoms with Crippen molar-refractivity contribution in [2.75, 3.05) is 27.3 Å². The summed E-state index contributed by atoms with van der Waals surface area (Å²) in [5.74, 6) is -0.348. The lowest BCUT2D eigenvalue weighted by Gasteiger charge is -2.35. The van der Waals surface area contributed by atoms with E-state index in [1.165, 1.54) is 23.1 Å². The van der Waals surface area contributed by atoms with Gasteiger partial charge in [0.1, 0.15) is 10.4 Å². The van der Waals surface area contributed by atoms with E-state index in [-0.39, 0.29) is 24.0 Å². The minimum atomic E-state index is -3.85. The van der Waals surface area contributed by atoms with Crippen molar-refractivity contribution in [2.45, 2.75) is 37.1 Å². The van der Waals surface area contributed by atoms with Gasteiger partial charge in [0.05, 0.1) is 18.0 Å². The maximum Gasteiger partial charge on any atom is 0.247 e. The Morgan fingerprint density at radius 1 is 1.43 bits per heavy atom. The molecule has 1 fully saturated rings. The van der Waals surface area contributed by atoms with Crippen LogP contribution in [-0.2, 0) is 26.6 Å². The monoisotopic (exact) mass is 344 g/mol. The number of sulfonamides is 1. The van der Waals surface area contributed by atoms with Crippen LogP contribution in [0.3, 0.4) is 0 Å². The molecule has 1 saturated heterocycles. The van der Waals surface area contributed by atoms with Crippen molar-refractivity contribution < 1.29 is 17.9 Å². The van der Waals surface area contributed by atoms with Crippen molar-refractivity contribution in [3.8, 4) is 0 Å². The minimum Gasteiger partial charge on any atom is -0.382 e. The maximum absolute atomic E-state index is 13.2. The molecule has 1 aliphatic heterocycles. The fraction of sp³-hybridized carbons (Fsp3) is 0.714. The molecule has 1 unspecified atom stereocenters. The zero-order valence-electron chi connectivity index (χ0n) is 14.2. The minimum absolute atomic E-state index is 0.0181. The van der Waals surface area contributed by atoms with Crippen LogP contribution in [0.1, 0.15) is 24.2 Å². The van der Waals surface area contributed by atoms with Crippen LogP contribution in [0.2, 0.25) is 0 Å². The van der Waals surface area contributed by atoms with Gasteiger partial charge in [-0.3, -0.25) is 9.48 Å². The molecule has 2 heterocycles. The number of hydrogen-bond donors (Lipinski definition) is 1. The van der Waals surface area contributed by atoms with Gasteiger partial charge in [-0.1, -0.05) is 0 Å². The summed E-state index contributed by atoms with van der Waals surface area (Å²) >= 11 is 0. The van der Waals surface area contributed by atoms with Gasteiger partial charge in [0.15, 0.2) is 0 Å². The largest absolute Gasteiger partial charge is 0.382 e. The number of hydrogen-bond acceptors (Lipinski definition) is 5. The highest BCUT2D eigenvalue weighted by atomic mass is 32.2. The lowest BCUT2D eigenvalue weighted by Crippen LogP contribution is -2.59. The van der Waals surface area contributed by atoms with E-state index in [1.807, 2.05) is 0 Å². The van der Waals surface area contributed by atoms with E-state index >= 15 is 0 Å². The van der Waals surface area contributed by atoms with Gasteiger partial charge in [-0.15, -0.1) is 0 Å². The highest BCUT2D eigenvalue weighted by Gasteiger charge is 2.53. The molecule has 0 saturated carbocycles. The molecule has 0 radical (unpaired) electrons. The molecule has 0 aromatic carbocycles. The Bertz CT molecular complexity index is 713. The van der Waals surface area contributed by atoms with Crippen LogP contribution in [0.15, 0.2) is 4.90 Å². The standard InChI is InChI=1S/C14H24N4O4S/c1-10-12(11(2)17(4)16-10)23(20,21)18-8-6-7-14(18,9-22-5)13(19)15-3/h6-9H2,1-5H3,(H,15,19).